The normalized spacial score (nSPS) is 44.5. The van der Waals surface area contributed by atoms with Crippen LogP contribution in [0.5, 0.6) is 0 Å². The van der Waals surface area contributed by atoms with Gasteiger partial charge in [0.15, 0.2) is 0 Å². The first-order valence-corrected chi connectivity index (χ1v) is 5.09. The Morgan fingerprint density at radius 1 is 1.25 bits per heavy atom. The van der Waals surface area contributed by atoms with Crippen molar-refractivity contribution in [3.05, 3.63) is 11.6 Å². The second-order valence-electron chi connectivity index (χ2n) is 4.45. The molecule has 3 aliphatic carbocycles. The van der Waals surface area contributed by atoms with E-state index in [0.29, 0.717) is 17.6 Å². The molecule has 1 nitrogen and oxygen atoms in total. The van der Waals surface area contributed by atoms with E-state index in [1.165, 1.54) is 25.7 Å². The van der Waals surface area contributed by atoms with E-state index >= 15 is 0 Å². The first-order valence-electron chi connectivity index (χ1n) is 5.09. The molecule has 0 aliphatic heterocycles. The molecule has 0 radical (unpaired) electrons. The third kappa shape index (κ3) is 0.720. The van der Waals surface area contributed by atoms with Gasteiger partial charge in [0.25, 0.3) is 0 Å². The van der Waals surface area contributed by atoms with Crippen LogP contribution in [0.3, 0.4) is 0 Å². The highest BCUT2D eigenvalue weighted by Gasteiger charge is 2.46. The lowest BCUT2D eigenvalue weighted by Crippen LogP contribution is -2.43. The van der Waals surface area contributed by atoms with Crippen molar-refractivity contribution in [2.45, 2.75) is 32.1 Å². The molecule has 0 spiro atoms. The van der Waals surface area contributed by atoms with Crippen molar-refractivity contribution in [3.63, 3.8) is 0 Å². The zero-order valence-corrected chi connectivity index (χ0v) is 7.25. The molecular weight excluding hydrogens is 148 g/mol. The standard InChI is InChI=1S/C11H14O/c12-10-5-4-7-2-1-3-8-6-9(10)11(7)8/h6-7,9,11H,1-5H2/t7-,9+,11+/m0/s1. The van der Waals surface area contributed by atoms with E-state index in [0.717, 1.165) is 12.3 Å². The third-order valence-electron chi connectivity index (χ3n) is 3.89. The summed E-state index contributed by atoms with van der Waals surface area (Å²) in [5.41, 5.74) is 1.62. The van der Waals surface area contributed by atoms with Crippen molar-refractivity contribution in [1.82, 2.24) is 0 Å². The topological polar surface area (TPSA) is 17.1 Å². The van der Waals surface area contributed by atoms with Gasteiger partial charge in [-0.15, -0.1) is 0 Å². The van der Waals surface area contributed by atoms with Gasteiger partial charge < -0.3 is 0 Å². The summed E-state index contributed by atoms with van der Waals surface area (Å²) < 4.78 is 0. The van der Waals surface area contributed by atoms with Crippen LogP contribution < -0.4 is 0 Å². The first kappa shape index (κ1) is 6.88. The molecule has 2 fully saturated rings. The second-order valence-corrected chi connectivity index (χ2v) is 4.45. The molecule has 2 saturated carbocycles. The van der Waals surface area contributed by atoms with Gasteiger partial charge in [0.05, 0.1) is 0 Å². The van der Waals surface area contributed by atoms with Crippen LogP contribution in [-0.2, 0) is 4.79 Å². The second kappa shape index (κ2) is 2.21. The Hall–Kier alpha value is -0.590. The molecular formula is C11H14O. The molecule has 0 aromatic carbocycles. The minimum absolute atomic E-state index is 0.360. The van der Waals surface area contributed by atoms with Gasteiger partial charge in [-0.3, -0.25) is 4.79 Å². The Morgan fingerprint density at radius 3 is 3.08 bits per heavy atom. The summed E-state index contributed by atoms with van der Waals surface area (Å²) in [6.07, 6.45) is 8.32. The number of allylic oxidation sites excluding steroid dienone is 2. The van der Waals surface area contributed by atoms with E-state index in [1.807, 2.05) is 0 Å². The Kier molecular flexibility index (Phi) is 1.27. The summed E-state index contributed by atoms with van der Waals surface area (Å²) in [5.74, 6) is 2.46. The Labute approximate surface area is 72.8 Å². The predicted octanol–water partition coefficient (Wildman–Crippen LogP) is 2.32. The lowest BCUT2D eigenvalue weighted by atomic mass is 9.56. The number of rotatable bonds is 0. The zero-order valence-electron chi connectivity index (χ0n) is 7.25. The van der Waals surface area contributed by atoms with Gasteiger partial charge >= 0.3 is 0 Å². The van der Waals surface area contributed by atoms with Gasteiger partial charge in [-0.1, -0.05) is 11.6 Å². The summed E-state index contributed by atoms with van der Waals surface area (Å²) >= 11 is 0. The first-order chi connectivity index (χ1) is 5.86. The van der Waals surface area contributed by atoms with Crippen molar-refractivity contribution < 1.29 is 4.79 Å². The van der Waals surface area contributed by atoms with Crippen LogP contribution in [0, 0.1) is 17.8 Å². The molecule has 1 heteroatoms. The van der Waals surface area contributed by atoms with Gasteiger partial charge in [0.2, 0.25) is 0 Å². The molecule has 3 rings (SSSR count). The maximum absolute atomic E-state index is 11.4. The van der Waals surface area contributed by atoms with Crippen LogP contribution in [0.25, 0.3) is 0 Å². The molecule has 12 heavy (non-hydrogen) atoms. The highest BCUT2D eigenvalue weighted by Crippen LogP contribution is 2.52. The van der Waals surface area contributed by atoms with Gasteiger partial charge in [0.1, 0.15) is 5.78 Å². The Morgan fingerprint density at radius 2 is 2.17 bits per heavy atom. The Balaban J connectivity index is 1.95. The summed E-state index contributed by atoms with van der Waals surface area (Å²) in [5, 5.41) is 0. The van der Waals surface area contributed by atoms with Crippen molar-refractivity contribution in [2.24, 2.45) is 17.8 Å². The molecule has 0 amide bonds. The van der Waals surface area contributed by atoms with Crippen LogP contribution in [0.2, 0.25) is 0 Å². The molecule has 0 saturated heterocycles. The molecule has 0 aromatic heterocycles. The van der Waals surface area contributed by atoms with E-state index < -0.39 is 0 Å². The van der Waals surface area contributed by atoms with Gasteiger partial charge in [-0.25, -0.2) is 0 Å². The fourth-order valence-corrected chi connectivity index (χ4v) is 3.26. The van der Waals surface area contributed by atoms with Crippen molar-refractivity contribution >= 4 is 5.78 Å². The van der Waals surface area contributed by atoms with Crippen molar-refractivity contribution in [3.8, 4) is 0 Å². The molecule has 0 heterocycles. The van der Waals surface area contributed by atoms with Crippen molar-refractivity contribution in [1.29, 1.82) is 0 Å². The van der Waals surface area contributed by atoms with Crippen LogP contribution in [0.4, 0.5) is 0 Å². The molecule has 3 aliphatic rings. The summed E-state index contributed by atoms with van der Waals surface area (Å²) in [6.45, 7) is 0. The minimum atomic E-state index is 0.360. The summed E-state index contributed by atoms with van der Waals surface area (Å²) in [7, 11) is 0. The average Bonchev–Trinajstić information content (AvgIpc) is 2.03. The van der Waals surface area contributed by atoms with Crippen molar-refractivity contribution in [2.75, 3.05) is 0 Å². The molecule has 3 atom stereocenters. The number of ketones is 1. The van der Waals surface area contributed by atoms with E-state index in [-0.39, 0.29) is 0 Å². The van der Waals surface area contributed by atoms with E-state index in [1.54, 1.807) is 5.57 Å². The minimum Gasteiger partial charge on any atom is -0.299 e. The molecule has 64 valence electrons. The van der Waals surface area contributed by atoms with Gasteiger partial charge in [-0.05, 0) is 37.5 Å². The highest BCUT2D eigenvalue weighted by atomic mass is 16.1. The van der Waals surface area contributed by atoms with Gasteiger partial charge in [0, 0.05) is 12.3 Å². The molecule has 0 unspecified atom stereocenters. The highest BCUT2D eigenvalue weighted by molar-refractivity contribution is 5.86. The maximum Gasteiger partial charge on any atom is 0.140 e. The van der Waals surface area contributed by atoms with Crippen LogP contribution in [-0.4, -0.2) is 5.78 Å². The van der Waals surface area contributed by atoms with Crippen LogP contribution >= 0.6 is 0 Å². The quantitative estimate of drug-likeness (QED) is 0.499. The van der Waals surface area contributed by atoms with Crippen LogP contribution in [0.15, 0.2) is 11.6 Å². The number of carbonyl (C=O) groups is 1. The van der Waals surface area contributed by atoms with E-state index in [2.05, 4.69) is 6.08 Å². The lowest BCUT2D eigenvalue weighted by Gasteiger charge is -2.47. The molecule has 0 aromatic rings. The number of hydrogen-bond donors (Lipinski definition) is 0. The Bertz CT molecular complexity index is 264. The van der Waals surface area contributed by atoms with E-state index in [9.17, 15) is 4.79 Å². The summed E-state index contributed by atoms with van der Waals surface area (Å²) in [4.78, 5) is 11.4. The smallest absolute Gasteiger partial charge is 0.140 e. The molecule has 0 N–H and O–H groups in total. The fraction of sp³-hybridized carbons (Fsp3) is 0.727. The van der Waals surface area contributed by atoms with Crippen LogP contribution in [0.1, 0.15) is 32.1 Å². The number of hydrogen-bond acceptors (Lipinski definition) is 1. The van der Waals surface area contributed by atoms with Gasteiger partial charge in [-0.2, -0.15) is 0 Å². The molecule has 0 bridgehead atoms. The number of Topliss-reactive ketones (excluding diaryl/α,β-unsaturated/α-hetero) is 1. The fourth-order valence-electron chi connectivity index (χ4n) is 3.26. The maximum atomic E-state index is 11.4. The number of carbonyl (C=O) groups excluding carboxylic acids is 1. The lowest BCUT2D eigenvalue weighted by molar-refractivity contribution is -0.127. The zero-order chi connectivity index (χ0) is 8.13. The SMILES string of the molecule is O=C1CC[C@@H]2CCCC3=C[C@H]1[C@@H]32. The third-order valence-corrected chi connectivity index (χ3v) is 3.89. The van der Waals surface area contributed by atoms with E-state index in [4.69, 9.17) is 0 Å². The largest absolute Gasteiger partial charge is 0.299 e. The monoisotopic (exact) mass is 162 g/mol. The average molecular weight is 162 g/mol. The predicted molar refractivity (Wildman–Crippen MR) is 46.6 cm³/mol. The summed E-state index contributed by atoms with van der Waals surface area (Å²) in [6, 6.07) is 0.